The summed E-state index contributed by atoms with van der Waals surface area (Å²) in [5.41, 5.74) is -0.597. The number of benzene rings is 2. The van der Waals surface area contributed by atoms with E-state index in [2.05, 4.69) is 10.6 Å². The largest absolute Gasteiger partial charge is 0.354 e. The van der Waals surface area contributed by atoms with Crippen LogP contribution in [-0.4, -0.2) is 67.9 Å². The van der Waals surface area contributed by atoms with Crippen molar-refractivity contribution < 1.29 is 22.8 Å². The van der Waals surface area contributed by atoms with Gasteiger partial charge >= 0.3 is 6.03 Å². The molecule has 2 aliphatic rings. The van der Waals surface area contributed by atoms with Crippen molar-refractivity contribution in [2.24, 2.45) is 5.92 Å². The van der Waals surface area contributed by atoms with Gasteiger partial charge in [-0.05, 0) is 48.1 Å². The lowest BCUT2D eigenvalue weighted by atomic mass is 9.90. The fourth-order valence-electron chi connectivity index (χ4n) is 4.44. The number of nitrogens with zero attached hydrogens (tertiary/aromatic N) is 2. The van der Waals surface area contributed by atoms with Gasteiger partial charge in [-0.3, -0.25) is 14.5 Å². The number of nitrogens with one attached hydrogen (secondary N) is 2. The molecule has 0 radical (unpaired) electrons. The number of carbonyl (C=O) groups is 3. The van der Waals surface area contributed by atoms with Gasteiger partial charge in [-0.1, -0.05) is 36.4 Å². The van der Waals surface area contributed by atoms with Gasteiger partial charge in [0.15, 0.2) is 0 Å². The van der Waals surface area contributed by atoms with Crippen molar-refractivity contribution in [1.82, 2.24) is 19.8 Å². The topological polar surface area (TPSA) is 116 Å². The van der Waals surface area contributed by atoms with E-state index in [0.717, 1.165) is 15.7 Å². The zero-order chi connectivity index (χ0) is 23.8. The lowest BCUT2D eigenvalue weighted by Crippen LogP contribution is -2.45. The average molecular weight is 473 g/mol. The van der Waals surface area contributed by atoms with Crippen LogP contribution in [0.2, 0.25) is 0 Å². The number of imide groups is 1. The number of carbonyl (C=O) groups excluding carboxylic acids is 3. The van der Waals surface area contributed by atoms with Gasteiger partial charge in [-0.2, -0.15) is 0 Å². The Bertz CT molecular complexity index is 1210. The maximum atomic E-state index is 13.1. The summed E-state index contributed by atoms with van der Waals surface area (Å²) < 4.78 is 24.7. The number of sulfonamides is 1. The predicted octanol–water partition coefficient (Wildman–Crippen LogP) is 1.39. The van der Waals surface area contributed by atoms with Gasteiger partial charge in [0.25, 0.3) is 5.91 Å². The second-order valence-corrected chi connectivity index (χ2v) is 10.9. The predicted molar refractivity (Wildman–Crippen MR) is 124 cm³/mol. The molecule has 0 aliphatic carbocycles. The van der Waals surface area contributed by atoms with E-state index in [1.165, 1.54) is 10.6 Å². The van der Waals surface area contributed by atoms with Gasteiger partial charge < -0.3 is 10.6 Å². The molecule has 4 amide bonds. The van der Waals surface area contributed by atoms with Crippen molar-refractivity contribution in [2.75, 3.05) is 32.4 Å². The molecule has 0 spiro atoms. The number of amides is 4. The third-order valence-electron chi connectivity index (χ3n) is 6.53. The molecule has 2 heterocycles. The quantitative estimate of drug-likeness (QED) is 0.617. The fraction of sp³-hybridized carbons (Fsp3) is 0.435. The molecule has 2 aromatic carbocycles. The summed E-state index contributed by atoms with van der Waals surface area (Å²) in [4.78, 5) is 39.1. The molecule has 1 unspecified atom stereocenters. The van der Waals surface area contributed by atoms with Crippen molar-refractivity contribution in [1.29, 1.82) is 0 Å². The Hall–Kier alpha value is -2.98. The molecule has 33 heavy (non-hydrogen) atoms. The summed E-state index contributed by atoms with van der Waals surface area (Å²) in [6, 6.07) is 12.7. The van der Waals surface area contributed by atoms with E-state index in [1.54, 1.807) is 6.92 Å². The summed E-state index contributed by atoms with van der Waals surface area (Å²) in [5, 5.41) is 7.50. The van der Waals surface area contributed by atoms with E-state index in [1.807, 2.05) is 42.5 Å². The Morgan fingerprint density at radius 3 is 2.45 bits per heavy atom. The summed E-state index contributed by atoms with van der Waals surface area (Å²) in [6.07, 6.45) is 2.49. The van der Waals surface area contributed by atoms with Crippen LogP contribution >= 0.6 is 0 Å². The molecule has 2 aliphatic heterocycles. The second kappa shape index (κ2) is 8.75. The second-order valence-electron chi connectivity index (χ2n) is 8.92. The van der Waals surface area contributed by atoms with Crippen molar-refractivity contribution in [3.8, 4) is 0 Å². The van der Waals surface area contributed by atoms with Crippen molar-refractivity contribution in [3.05, 3.63) is 48.0 Å². The molecule has 9 nitrogen and oxygen atoms in total. The van der Waals surface area contributed by atoms with E-state index < -0.39 is 33.4 Å². The van der Waals surface area contributed by atoms with E-state index in [-0.39, 0.29) is 12.5 Å². The minimum absolute atomic E-state index is 0.151. The van der Waals surface area contributed by atoms with E-state index in [9.17, 15) is 22.8 Å². The zero-order valence-electron chi connectivity index (χ0n) is 18.7. The molecule has 1 atom stereocenters. The SMILES string of the molecule is CC1(c2ccc3ccccc3c2)NC(=O)N(CC(=O)NCC2CCN(S(C)(=O)=O)CC2)C1=O. The highest BCUT2D eigenvalue weighted by Gasteiger charge is 2.49. The number of fused-ring (bicyclic) bond motifs is 1. The summed E-state index contributed by atoms with van der Waals surface area (Å²) in [6.45, 7) is 2.51. The lowest BCUT2D eigenvalue weighted by Gasteiger charge is -2.30. The normalized spacial score (nSPS) is 22.5. The highest BCUT2D eigenvalue weighted by atomic mass is 32.2. The lowest BCUT2D eigenvalue weighted by molar-refractivity contribution is -0.134. The molecule has 2 N–H and O–H groups in total. The van der Waals surface area contributed by atoms with Crippen LogP contribution in [0.5, 0.6) is 0 Å². The average Bonchev–Trinajstić information content (AvgIpc) is 3.01. The summed E-state index contributed by atoms with van der Waals surface area (Å²) in [7, 11) is -3.20. The number of rotatable bonds is 6. The van der Waals surface area contributed by atoms with Gasteiger partial charge in [0.2, 0.25) is 15.9 Å². The van der Waals surface area contributed by atoms with Crippen LogP contribution in [0.1, 0.15) is 25.3 Å². The highest BCUT2D eigenvalue weighted by molar-refractivity contribution is 7.88. The van der Waals surface area contributed by atoms with Crippen LogP contribution in [0.4, 0.5) is 4.79 Å². The third kappa shape index (κ3) is 4.72. The van der Waals surface area contributed by atoms with E-state index in [0.29, 0.717) is 38.0 Å². The van der Waals surface area contributed by atoms with Gasteiger partial charge in [-0.25, -0.2) is 17.5 Å². The fourth-order valence-corrected chi connectivity index (χ4v) is 5.31. The molecule has 0 saturated carbocycles. The number of piperidine rings is 1. The number of hydrogen-bond acceptors (Lipinski definition) is 5. The molecule has 2 fully saturated rings. The molecule has 10 heteroatoms. The van der Waals surface area contributed by atoms with Gasteiger partial charge in [0.1, 0.15) is 12.1 Å². The van der Waals surface area contributed by atoms with Crippen LogP contribution in [0.15, 0.2) is 42.5 Å². The Morgan fingerprint density at radius 1 is 1.12 bits per heavy atom. The van der Waals surface area contributed by atoms with Crippen LogP contribution in [-0.2, 0) is 25.2 Å². The Kier molecular flexibility index (Phi) is 6.15. The molecule has 2 saturated heterocycles. The summed E-state index contributed by atoms with van der Waals surface area (Å²) >= 11 is 0. The highest BCUT2D eigenvalue weighted by Crippen LogP contribution is 2.31. The smallest absolute Gasteiger partial charge is 0.325 e. The van der Waals surface area contributed by atoms with E-state index in [4.69, 9.17) is 0 Å². The summed E-state index contributed by atoms with van der Waals surface area (Å²) in [5.74, 6) is -0.746. The van der Waals surface area contributed by atoms with Crippen LogP contribution in [0, 0.1) is 5.92 Å². The molecule has 0 bridgehead atoms. The first-order valence-corrected chi connectivity index (χ1v) is 12.8. The van der Waals surface area contributed by atoms with Crippen molar-refractivity contribution >= 4 is 38.6 Å². The molecule has 0 aromatic heterocycles. The van der Waals surface area contributed by atoms with Crippen LogP contribution < -0.4 is 10.6 Å². The van der Waals surface area contributed by atoms with Gasteiger partial charge in [0, 0.05) is 19.6 Å². The first-order chi connectivity index (χ1) is 15.6. The minimum Gasteiger partial charge on any atom is -0.354 e. The maximum absolute atomic E-state index is 13.1. The van der Waals surface area contributed by atoms with Crippen molar-refractivity contribution in [3.63, 3.8) is 0 Å². The first kappa shape index (κ1) is 23.2. The molecule has 2 aromatic rings. The number of hydrogen-bond donors (Lipinski definition) is 2. The van der Waals surface area contributed by atoms with Crippen molar-refractivity contribution in [2.45, 2.75) is 25.3 Å². The monoisotopic (exact) mass is 472 g/mol. The number of urea groups is 1. The van der Waals surface area contributed by atoms with Crippen LogP contribution in [0.25, 0.3) is 10.8 Å². The molecular weight excluding hydrogens is 444 g/mol. The third-order valence-corrected chi connectivity index (χ3v) is 7.84. The molecular formula is C23H28N4O5S. The Labute approximate surface area is 193 Å². The zero-order valence-corrected chi connectivity index (χ0v) is 19.5. The van der Waals surface area contributed by atoms with Crippen LogP contribution in [0.3, 0.4) is 0 Å². The Balaban J connectivity index is 1.36. The van der Waals surface area contributed by atoms with Gasteiger partial charge in [0.05, 0.1) is 6.26 Å². The first-order valence-electron chi connectivity index (χ1n) is 10.9. The van der Waals surface area contributed by atoms with Gasteiger partial charge in [-0.15, -0.1) is 0 Å². The van der Waals surface area contributed by atoms with E-state index >= 15 is 0 Å². The maximum Gasteiger partial charge on any atom is 0.325 e. The molecule has 176 valence electrons. The molecule has 4 rings (SSSR count). The minimum atomic E-state index is -3.20. The standard InChI is InChI=1S/C23H28N4O5S/c1-23(19-8-7-17-5-3-4-6-18(17)13-19)21(29)27(22(30)25-23)15-20(28)24-14-16-9-11-26(12-10-16)33(2,31)32/h3-8,13,16H,9-12,14-15H2,1-2H3,(H,24,28)(H,25,30). The Morgan fingerprint density at radius 2 is 1.79 bits per heavy atom.